The Balaban J connectivity index is 1.78. The molecule has 0 saturated heterocycles. The van der Waals surface area contributed by atoms with Gasteiger partial charge >= 0.3 is 0 Å². The molecule has 3 aromatic rings. The lowest BCUT2D eigenvalue weighted by atomic mass is 10.1. The molecule has 0 radical (unpaired) electrons. The fourth-order valence-electron chi connectivity index (χ4n) is 2.44. The summed E-state index contributed by atoms with van der Waals surface area (Å²) < 4.78 is 2.27. The van der Waals surface area contributed by atoms with Crippen LogP contribution < -0.4 is 4.57 Å². The number of aryl methyl sites for hydroxylation is 3. The molecule has 0 spiro atoms. The van der Waals surface area contributed by atoms with Crippen molar-refractivity contribution in [3.05, 3.63) is 78.1 Å². The van der Waals surface area contributed by atoms with Crippen LogP contribution in [0.4, 0.5) is 0 Å². The van der Waals surface area contributed by atoms with E-state index in [1.165, 1.54) is 21.9 Å². The summed E-state index contributed by atoms with van der Waals surface area (Å²) in [6, 6.07) is 19.4. The van der Waals surface area contributed by atoms with Crippen molar-refractivity contribution >= 4 is 10.8 Å². The molecule has 0 atom stereocenters. The number of hydrogen-bond donors (Lipinski definition) is 0. The molecule has 0 unspecified atom stereocenters. The van der Waals surface area contributed by atoms with Crippen LogP contribution in [0, 0.1) is 6.92 Å². The fraction of sp³-hybridized carbons (Fsp3) is 0.167. The molecule has 94 valence electrons. The average Bonchev–Trinajstić information content (AvgIpc) is 2.45. The second-order valence-electron chi connectivity index (χ2n) is 5.05. The minimum absolute atomic E-state index is 1.02. The first kappa shape index (κ1) is 11.9. The molecule has 3 rings (SSSR count). The SMILES string of the molecule is Cc1cccc(CC[n+]2ccc3ccccc3c2)c1. The Morgan fingerprint density at radius 2 is 1.74 bits per heavy atom. The monoisotopic (exact) mass is 248 g/mol. The van der Waals surface area contributed by atoms with E-state index in [0.717, 1.165) is 13.0 Å². The van der Waals surface area contributed by atoms with Crippen LogP contribution in [0.1, 0.15) is 11.1 Å². The molecule has 2 aromatic carbocycles. The highest BCUT2D eigenvalue weighted by molar-refractivity contribution is 5.80. The maximum Gasteiger partial charge on any atom is 0.176 e. The van der Waals surface area contributed by atoms with E-state index < -0.39 is 0 Å². The van der Waals surface area contributed by atoms with Gasteiger partial charge in [0.25, 0.3) is 0 Å². The molecule has 19 heavy (non-hydrogen) atoms. The highest BCUT2D eigenvalue weighted by atomic mass is 14.9. The molecule has 0 N–H and O–H groups in total. The number of fused-ring (bicyclic) bond motifs is 1. The van der Waals surface area contributed by atoms with E-state index in [9.17, 15) is 0 Å². The molecule has 0 aliphatic heterocycles. The van der Waals surface area contributed by atoms with Crippen molar-refractivity contribution in [3.63, 3.8) is 0 Å². The largest absolute Gasteiger partial charge is 0.204 e. The average molecular weight is 248 g/mol. The fourth-order valence-corrected chi connectivity index (χ4v) is 2.44. The summed E-state index contributed by atoms with van der Waals surface area (Å²) in [5, 5.41) is 2.60. The molecule has 1 heterocycles. The Labute approximate surface area is 114 Å². The number of benzene rings is 2. The van der Waals surface area contributed by atoms with Gasteiger partial charge in [-0.3, -0.25) is 0 Å². The molecule has 1 nitrogen and oxygen atoms in total. The summed E-state index contributed by atoms with van der Waals surface area (Å²) in [5.41, 5.74) is 2.74. The topological polar surface area (TPSA) is 3.88 Å². The molecule has 1 aromatic heterocycles. The third kappa shape index (κ3) is 2.82. The number of nitrogens with zero attached hydrogens (tertiary/aromatic N) is 1. The first-order chi connectivity index (χ1) is 9.31. The van der Waals surface area contributed by atoms with Gasteiger partial charge in [-0.2, -0.15) is 0 Å². The smallest absolute Gasteiger partial charge is 0.176 e. The highest BCUT2D eigenvalue weighted by Gasteiger charge is 2.03. The lowest BCUT2D eigenvalue weighted by Crippen LogP contribution is -2.33. The number of hydrogen-bond acceptors (Lipinski definition) is 0. The van der Waals surface area contributed by atoms with Crippen LogP contribution in [-0.2, 0) is 13.0 Å². The van der Waals surface area contributed by atoms with Gasteiger partial charge in [0.2, 0.25) is 0 Å². The summed E-state index contributed by atoms with van der Waals surface area (Å²) >= 11 is 0. The van der Waals surface area contributed by atoms with Gasteiger partial charge in [0.1, 0.15) is 0 Å². The third-order valence-corrected chi connectivity index (χ3v) is 3.49. The van der Waals surface area contributed by atoms with Crippen molar-refractivity contribution in [1.29, 1.82) is 0 Å². The Hall–Kier alpha value is -2.15. The number of pyridine rings is 1. The van der Waals surface area contributed by atoms with E-state index in [0.29, 0.717) is 0 Å². The lowest BCUT2D eigenvalue weighted by Gasteiger charge is -2.01. The first-order valence-corrected chi connectivity index (χ1v) is 6.75. The highest BCUT2D eigenvalue weighted by Crippen LogP contribution is 2.10. The predicted molar refractivity (Wildman–Crippen MR) is 79.0 cm³/mol. The van der Waals surface area contributed by atoms with E-state index in [2.05, 4.69) is 78.5 Å². The van der Waals surface area contributed by atoms with E-state index in [4.69, 9.17) is 0 Å². The minimum Gasteiger partial charge on any atom is -0.204 e. The molecule has 0 aliphatic rings. The normalized spacial score (nSPS) is 10.8. The summed E-state index contributed by atoms with van der Waals surface area (Å²) in [4.78, 5) is 0. The van der Waals surface area contributed by atoms with Crippen molar-refractivity contribution in [2.45, 2.75) is 19.9 Å². The molecule has 0 bridgehead atoms. The Morgan fingerprint density at radius 3 is 2.58 bits per heavy atom. The molecule has 0 aliphatic carbocycles. The second-order valence-corrected chi connectivity index (χ2v) is 5.05. The van der Waals surface area contributed by atoms with Crippen molar-refractivity contribution in [2.75, 3.05) is 0 Å². The van der Waals surface area contributed by atoms with Gasteiger partial charge in [-0.25, -0.2) is 4.57 Å². The summed E-state index contributed by atoms with van der Waals surface area (Å²) in [5.74, 6) is 0. The Kier molecular flexibility index (Phi) is 3.28. The summed E-state index contributed by atoms with van der Waals surface area (Å²) in [7, 11) is 0. The maximum absolute atomic E-state index is 2.27. The number of rotatable bonds is 3. The third-order valence-electron chi connectivity index (χ3n) is 3.49. The van der Waals surface area contributed by atoms with Gasteiger partial charge in [0, 0.05) is 17.9 Å². The van der Waals surface area contributed by atoms with Crippen LogP contribution in [-0.4, -0.2) is 0 Å². The van der Waals surface area contributed by atoms with E-state index in [1.807, 2.05) is 0 Å². The van der Waals surface area contributed by atoms with Crippen molar-refractivity contribution in [3.8, 4) is 0 Å². The number of aromatic nitrogens is 1. The van der Waals surface area contributed by atoms with Gasteiger partial charge in [0.05, 0.1) is 0 Å². The molecule has 0 fully saturated rings. The molecular formula is C18H18N+. The Bertz CT molecular complexity index is 701. The van der Waals surface area contributed by atoms with Gasteiger partial charge in [-0.05, 0) is 23.9 Å². The minimum atomic E-state index is 1.02. The van der Waals surface area contributed by atoms with Gasteiger partial charge in [-0.1, -0.05) is 48.0 Å². The lowest BCUT2D eigenvalue weighted by molar-refractivity contribution is -0.695. The van der Waals surface area contributed by atoms with Crippen molar-refractivity contribution < 1.29 is 4.57 Å². The Morgan fingerprint density at radius 1 is 0.895 bits per heavy atom. The zero-order valence-corrected chi connectivity index (χ0v) is 11.2. The van der Waals surface area contributed by atoms with Crippen LogP contribution in [0.2, 0.25) is 0 Å². The predicted octanol–water partition coefficient (Wildman–Crippen LogP) is 3.68. The zero-order valence-electron chi connectivity index (χ0n) is 11.2. The maximum atomic E-state index is 2.27. The van der Waals surface area contributed by atoms with Crippen molar-refractivity contribution in [1.82, 2.24) is 0 Å². The van der Waals surface area contributed by atoms with Crippen LogP contribution >= 0.6 is 0 Å². The van der Waals surface area contributed by atoms with Gasteiger partial charge < -0.3 is 0 Å². The summed E-state index contributed by atoms with van der Waals surface area (Å²) in [6.45, 7) is 3.17. The van der Waals surface area contributed by atoms with Crippen LogP contribution in [0.25, 0.3) is 10.8 Å². The quantitative estimate of drug-likeness (QED) is 0.623. The molecule has 0 amide bonds. The zero-order chi connectivity index (χ0) is 13.1. The second kappa shape index (κ2) is 5.23. The molecule has 0 saturated carbocycles. The van der Waals surface area contributed by atoms with Crippen molar-refractivity contribution in [2.24, 2.45) is 0 Å². The molecule has 1 heteroatoms. The first-order valence-electron chi connectivity index (χ1n) is 6.75. The van der Waals surface area contributed by atoms with E-state index >= 15 is 0 Å². The van der Waals surface area contributed by atoms with E-state index in [-0.39, 0.29) is 0 Å². The van der Waals surface area contributed by atoms with Gasteiger partial charge in [-0.15, -0.1) is 0 Å². The molecular weight excluding hydrogens is 230 g/mol. The van der Waals surface area contributed by atoms with Crippen LogP contribution in [0.5, 0.6) is 0 Å². The van der Waals surface area contributed by atoms with Crippen LogP contribution in [0.3, 0.4) is 0 Å². The van der Waals surface area contributed by atoms with E-state index in [1.54, 1.807) is 0 Å². The summed E-state index contributed by atoms with van der Waals surface area (Å²) in [6.07, 6.45) is 5.47. The van der Waals surface area contributed by atoms with Gasteiger partial charge in [0.15, 0.2) is 18.9 Å². The standard InChI is InChI=1S/C18H18N/c1-15-5-4-6-16(13-15)9-11-19-12-10-17-7-2-3-8-18(17)14-19/h2-8,10,12-14H,9,11H2,1H3/q+1. The van der Waals surface area contributed by atoms with Crippen LogP contribution in [0.15, 0.2) is 67.0 Å².